The first-order chi connectivity index (χ1) is 31.2. The summed E-state index contributed by atoms with van der Waals surface area (Å²) in [5.41, 5.74) is 0. The second kappa shape index (κ2) is 54.7. The number of carbonyl (C=O) groups excluding carboxylic acids is 1. The van der Waals surface area contributed by atoms with Gasteiger partial charge in [0.1, 0.15) is 0 Å². The van der Waals surface area contributed by atoms with Crippen LogP contribution in [0, 0.1) is 0 Å². The van der Waals surface area contributed by atoms with Crippen molar-refractivity contribution < 1.29 is 15.0 Å². The van der Waals surface area contributed by atoms with Gasteiger partial charge in [-0.15, -0.1) is 0 Å². The first-order valence-corrected chi connectivity index (χ1v) is 28.4. The molecule has 3 N–H and O–H groups in total. The van der Waals surface area contributed by atoms with Gasteiger partial charge in [-0.1, -0.05) is 281 Å². The van der Waals surface area contributed by atoms with Crippen LogP contribution in [0.25, 0.3) is 0 Å². The molecule has 370 valence electrons. The van der Waals surface area contributed by atoms with Gasteiger partial charge in [-0.3, -0.25) is 4.79 Å². The van der Waals surface area contributed by atoms with Crippen LogP contribution in [0.4, 0.5) is 0 Å². The minimum atomic E-state index is -0.861. The fourth-order valence-electron chi connectivity index (χ4n) is 8.70. The fourth-order valence-corrected chi connectivity index (χ4v) is 8.70. The fraction of sp³-hybridized carbons (Fsp3) is 0.847. The summed E-state index contributed by atoms with van der Waals surface area (Å²) in [6.07, 6.45) is 75.7. The zero-order chi connectivity index (χ0) is 45.6. The molecule has 1 amide bonds. The summed E-state index contributed by atoms with van der Waals surface area (Å²) in [7, 11) is 0. The molecule has 0 aromatic rings. The molecule has 0 aliphatic carbocycles. The Kier molecular flexibility index (Phi) is 53.3. The van der Waals surface area contributed by atoms with E-state index in [1.54, 1.807) is 6.08 Å². The first-order valence-electron chi connectivity index (χ1n) is 28.4. The molecule has 0 spiro atoms. The van der Waals surface area contributed by atoms with E-state index < -0.39 is 12.1 Å². The molecule has 0 heterocycles. The van der Waals surface area contributed by atoms with Crippen molar-refractivity contribution in [1.29, 1.82) is 0 Å². The van der Waals surface area contributed by atoms with Crippen molar-refractivity contribution in [3.05, 3.63) is 48.6 Å². The Bertz CT molecular complexity index is 1000. The van der Waals surface area contributed by atoms with Crippen LogP contribution in [0.15, 0.2) is 48.6 Å². The highest BCUT2D eigenvalue weighted by Crippen LogP contribution is 2.17. The Labute approximate surface area is 394 Å². The maximum Gasteiger partial charge on any atom is 0.220 e. The number of allylic oxidation sites excluding steroid dienone is 7. The monoisotopic (exact) mass is 882 g/mol. The molecule has 0 bridgehead atoms. The summed E-state index contributed by atoms with van der Waals surface area (Å²) in [4.78, 5) is 12.5. The Morgan fingerprint density at radius 1 is 0.381 bits per heavy atom. The minimum Gasteiger partial charge on any atom is -0.394 e. The quantitative estimate of drug-likeness (QED) is 0.0421. The lowest BCUT2D eigenvalue weighted by atomic mass is 10.0. The summed E-state index contributed by atoms with van der Waals surface area (Å²) in [6, 6.07) is -0.638. The molecular formula is C59H111NO3. The Morgan fingerprint density at radius 3 is 1.02 bits per heavy atom. The van der Waals surface area contributed by atoms with Crippen LogP contribution >= 0.6 is 0 Å². The van der Waals surface area contributed by atoms with Crippen LogP contribution in [0.2, 0.25) is 0 Å². The molecular weight excluding hydrogens is 771 g/mol. The van der Waals surface area contributed by atoms with Gasteiger partial charge in [0.15, 0.2) is 0 Å². The maximum absolute atomic E-state index is 12.5. The van der Waals surface area contributed by atoms with Gasteiger partial charge in [0.2, 0.25) is 5.91 Å². The Hall–Kier alpha value is -1.65. The first kappa shape index (κ1) is 61.4. The molecule has 0 aliphatic rings. The van der Waals surface area contributed by atoms with Crippen molar-refractivity contribution in [3.63, 3.8) is 0 Å². The lowest BCUT2D eigenvalue weighted by Crippen LogP contribution is -2.45. The Morgan fingerprint density at radius 2 is 0.667 bits per heavy atom. The van der Waals surface area contributed by atoms with Gasteiger partial charge < -0.3 is 15.5 Å². The minimum absolute atomic E-state index is 0.0695. The highest BCUT2D eigenvalue weighted by Gasteiger charge is 2.18. The van der Waals surface area contributed by atoms with Crippen LogP contribution < -0.4 is 5.32 Å². The highest BCUT2D eigenvalue weighted by atomic mass is 16.3. The summed E-state index contributed by atoms with van der Waals surface area (Å²) in [5, 5.41) is 23.1. The van der Waals surface area contributed by atoms with E-state index in [1.807, 2.05) is 6.08 Å². The molecule has 2 unspecified atom stereocenters. The Balaban J connectivity index is 3.47. The van der Waals surface area contributed by atoms with Gasteiger partial charge in [0, 0.05) is 6.42 Å². The van der Waals surface area contributed by atoms with E-state index >= 15 is 0 Å². The van der Waals surface area contributed by atoms with Gasteiger partial charge in [0.05, 0.1) is 18.8 Å². The van der Waals surface area contributed by atoms with E-state index in [2.05, 4.69) is 55.6 Å². The van der Waals surface area contributed by atoms with E-state index in [0.29, 0.717) is 6.42 Å². The normalized spacial score (nSPS) is 13.1. The molecule has 4 heteroatoms. The number of hydrogen-bond donors (Lipinski definition) is 3. The van der Waals surface area contributed by atoms with Crippen molar-refractivity contribution in [1.82, 2.24) is 5.32 Å². The molecule has 2 atom stereocenters. The van der Waals surface area contributed by atoms with Crippen molar-refractivity contribution in [2.24, 2.45) is 0 Å². The average molecular weight is 883 g/mol. The van der Waals surface area contributed by atoms with Crippen LogP contribution in [-0.4, -0.2) is 34.9 Å². The summed E-state index contributed by atoms with van der Waals surface area (Å²) in [5.74, 6) is -0.0695. The van der Waals surface area contributed by atoms with Crippen molar-refractivity contribution in [3.8, 4) is 0 Å². The summed E-state index contributed by atoms with van der Waals surface area (Å²) < 4.78 is 0. The zero-order valence-electron chi connectivity index (χ0n) is 42.6. The number of hydrogen-bond acceptors (Lipinski definition) is 3. The summed E-state index contributed by atoms with van der Waals surface area (Å²) in [6.45, 7) is 4.31. The molecule has 0 saturated carbocycles. The molecule has 0 aromatic heterocycles. The van der Waals surface area contributed by atoms with Crippen LogP contribution in [-0.2, 0) is 4.79 Å². The van der Waals surface area contributed by atoms with Gasteiger partial charge in [-0.2, -0.15) is 0 Å². The number of rotatable bonds is 52. The second-order valence-electron chi connectivity index (χ2n) is 19.3. The third-order valence-corrected chi connectivity index (χ3v) is 13.0. The summed E-state index contributed by atoms with van der Waals surface area (Å²) >= 11 is 0. The molecule has 0 rings (SSSR count). The number of nitrogens with one attached hydrogen (secondary N) is 1. The number of carbonyl (C=O) groups is 1. The topological polar surface area (TPSA) is 69.6 Å². The molecule has 4 nitrogen and oxygen atoms in total. The van der Waals surface area contributed by atoms with Crippen LogP contribution in [0.1, 0.15) is 303 Å². The standard InChI is InChI=1S/C59H111NO3/c1-3-5-7-9-11-13-15-17-19-21-23-24-25-26-27-28-29-30-31-32-33-34-35-36-37-39-41-43-45-47-49-51-53-55-59(63)60-57(56-61)58(62)54-52-50-48-46-44-42-40-38-22-20-18-16-14-12-10-8-6-4-2/h15,17,21,23,44,46,52,54,57-58,61-62H,3-14,16,18-20,22,24-43,45,47-51,53,55-56H2,1-2H3,(H,60,63)/b17-15-,23-21-,46-44+,54-52+. The number of aliphatic hydroxyl groups is 2. The molecule has 63 heavy (non-hydrogen) atoms. The largest absolute Gasteiger partial charge is 0.394 e. The average Bonchev–Trinajstić information content (AvgIpc) is 3.29. The predicted molar refractivity (Wildman–Crippen MR) is 281 cm³/mol. The second-order valence-corrected chi connectivity index (χ2v) is 19.3. The van der Waals surface area contributed by atoms with Crippen molar-refractivity contribution in [2.75, 3.05) is 6.61 Å². The van der Waals surface area contributed by atoms with Crippen LogP contribution in [0.3, 0.4) is 0 Å². The molecule has 0 radical (unpaired) electrons. The molecule has 0 aromatic carbocycles. The molecule has 0 saturated heterocycles. The number of amides is 1. The SMILES string of the molecule is CCCCCCC/C=C\C/C=C\CCCCCCCCCCCCCCCCCCCCCCCC(=O)NC(CO)C(O)/C=C/CC/C=C/CCCCCCCCCCCCCC. The zero-order valence-corrected chi connectivity index (χ0v) is 42.6. The van der Waals surface area contributed by atoms with Gasteiger partial charge >= 0.3 is 0 Å². The lowest BCUT2D eigenvalue weighted by molar-refractivity contribution is -0.123. The maximum atomic E-state index is 12.5. The third-order valence-electron chi connectivity index (χ3n) is 13.0. The van der Waals surface area contributed by atoms with Crippen molar-refractivity contribution in [2.45, 2.75) is 315 Å². The molecule has 0 aliphatic heterocycles. The third kappa shape index (κ3) is 51.2. The van der Waals surface area contributed by atoms with E-state index in [0.717, 1.165) is 38.5 Å². The van der Waals surface area contributed by atoms with E-state index in [9.17, 15) is 15.0 Å². The highest BCUT2D eigenvalue weighted by molar-refractivity contribution is 5.76. The lowest BCUT2D eigenvalue weighted by Gasteiger charge is -2.19. The van der Waals surface area contributed by atoms with Gasteiger partial charge in [-0.05, 0) is 64.2 Å². The van der Waals surface area contributed by atoms with Crippen LogP contribution in [0.5, 0.6) is 0 Å². The molecule has 0 fully saturated rings. The van der Waals surface area contributed by atoms with E-state index in [4.69, 9.17) is 0 Å². The van der Waals surface area contributed by atoms with E-state index in [-0.39, 0.29) is 12.5 Å². The van der Waals surface area contributed by atoms with E-state index in [1.165, 1.54) is 244 Å². The van der Waals surface area contributed by atoms with Crippen molar-refractivity contribution >= 4 is 5.91 Å². The number of unbranched alkanes of at least 4 members (excludes halogenated alkanes) is 39. The van der Waals surface area contributed by atoms with Gasteiger partial charge in [-0.25, -0.2) is 0 Å². The van der Waals surface area contributed by atoms with Gasteiger partial charge in [0.25, 0.3) is 0 Å². The smallest absolute Gasteiger partial charge is 0.220 e. The predicted octanol–water partition coefficient (Wildman–Crippen LogP) is 18.6. The number of aliphatic hydroxyl groups excluding tert-OH is 2.